The second-order valence-electron chi connectivity index (χ2n) is 5.36. The number of nitrogens with one attached hydrogen (secondary N) is 1. The van der Waals surface area contributed by atoms with Gasteiger partial charge in [-0.15, -0.1) is 0 Å². The topological polar surface area (TPSA) is 49.3 Å². The highest BCUT2D eigenvalue weighted by atomic mass is 16.3. The molecular weight excluding hydrogens is 214 g/mol. The van der Waals surface area contributed by atoms with Gasteiger partial charge in [-0.2, -0.15) is 0 Å². The van der Waals surface area contributed by atoms with Gasteiger partial charge in [-0.1, -0.05) is 11.6 Å². The van der Waals surface area contributed by atoms with Gasteiger partial charge in [0.05, 0.1) is 6.10 Å². The van der Waals surface area contributed by atoms with Crippen molar-refractivity contribution in [2.45, 2.75) is 69.9 Å². The van der Waals surface area contributed by atoms with Crippen LogP contribution in [0.4, 0.5) is 0 Å². The minimum Gasteiger partial charge on any atom is -0.393 e. The zero-order valence-corrected chi connectivity index (χ0v) is 10.5. The molecule has 17 heavy (non-hydrogen) atoms. The maximum absolute atomic E-state index is 11.8. The smallest absolute Gasteiger partial charge is 0.224 e. The lowest BCUT2D eigenvalue weighted by Gasteiger charge is -2.26. The fraction of sp³-hybridized carbons (Fsp3) is 0.786. The van der Waals surface area contributed by atoms with Crippen molar-refractivity contribution in [2.24, 2.45) is 0 Å². The molecule has 0 saturated heterocycles. The van der Waals surface area contributed by atoms with Crippen LogP contribution in [0.3, 0.4) is 0 Å². The van der Waals surface area contributed by atoms with E-state index in [0.29, 0.717) is 6.42 Å². The Morgan fingerprint density at radius 2 is 2.06 bits per heavy atom. The summed E-state index contributed by atoms with van der Waals surface area (Å²) < 4.78 is 0. The van der Waals surface area contributed by atoms with Gasteiger partial charge < -0.3 is 10.4 Å². The number of hydrogen-bond donors (Lipinski definition) is 2. The standard InChI is InChI=1S/C14H23NO2/c16-13-8-6-12(7-9-13)15-14(17)10-11-4-2-1-3-5-11/h4,12-13,16H,1-3,5-10H2,(H,15,17). The molecule has 2 aliphatic carbocycles. The maximum atomic E-state index is 11.8. The Hall–Kier alpha value is -0.830. The van der Waals surface area contributed by atoms with Crippen LogP contribution in [0.2, 0.25) is 0 Å². The molecule has 1 fully saturated rings. The molecule has 0 bridgehead atoms. The predicted molar refractivity (Wildman–Crippen MR) is 67.6 cm³/mol. The fourth-order valence-corrected chi connectivity index (χ4v) is 2.77. The lowest BCUT2D eigenvalue weighted by Crippen LogP contribution is -2.38. The Bertz CT molecular complexity index is 291. The van der Waals surface area contributed by atoms with Crippen LogP contribution in [0, 0.1) is 0 Å². The largest absolute Gasteiger partial charge is 0.393 e. The first-order valence-electron chi connectivity index (χ1n) is 6.89. The SMILES string of the molecule is O=C(CC1=CCCCC1)NC1CCC(O)CC1. The van der Waals surface area contributed by atoms with Crippen LogP contribution >= 0.6 is 0 Å². The summed E-state index contributed by atoms with van der Waals surface area (Å²) >= 11 is 0. The van der Waals surface area contributed by atoms with Gasteiger partial charge in [0.15, 0.2) is 0 Å². The van der Waals surface area contributed by atoms with E-state index in [4.69, 9.17) is 0 Å². The molecule has 0 aliphatic heterocycles. The Kier molecular flexibility index (Phi) is 4.60. The van der Waals surface area contributed by atoms with Crippen molar-refractivity contribution in [3.8, 4) is 0 Å². The molecule has 0 atom stereocenters. The van der Waals surface area contributed by atoms with Crippen LogP contribution in [-0.2, 0) is 4.79 Å². The van der Waals surface area contributed by atoms with Crippen LogP contribution in [0.5, 0.6) is 0 Å². The van der Waals surface area contributed by atoms with E-state index >= 15 is 0 Å². The van der Waals surface area contributed by atoms with Crippen LogP contribution in [0.25, 0.3) is 0 Å². The molecule has 0 radical (unpaired) electrons. The molecule has 0 aromatic rings. The van der Waals surface area contributed by atoms with Crippen molar-refractivity contribution in [2.75, 3.05) is 0 Å². The average molecular weight is 237 g/mol. The normalized spacial score (nSPS) is 29.6. The highest BCUT2D eigenvalue weighted by molar-refractivity contribution is 5.78. The lowest BCUT2D eigenvalue weighted by molar-refractivity contribution is -0.121. The molecule has 0 spiro atoms. The van der Waals surface area contributed by atoms with Crippen molar-refractivity contribution in [3.05, 3.63) is 11.6 Å². The fourth-order valence-electron chi connectivity index (χ4n) is 2.77. The van der Waals surface area contributed by atoms with Gasteiger partial charge in [0.1, 0.15) is 0 Å². The molecule has 96 valence electrons. The number of aliphatic hydroxyl groups is 1. The van der Waals surface area contributed by atoms with Gasteiger partial charge in [0.25, 0.3) is 0 Å². The lowest BCUT2D eigenvalue weighted by atomic mass is 9.92. The highest BCUT2D eigenvalue weighted by Crippen LogP contribution is 2.21. The molecule has 2 N–H and O–H groups in total. The van der Waals surface area contributed by atoms with Crippen molar-refractivity contribution in [3.63, 3.8) is 0 Å². The van der Waals surface area contributed by atoms with Crippen molar-refractivity contribution in [1.82, 2.24) is 5.32 Å². The van der Waals surface area contributed by atoms with E-state index in [0.717, 1.165) is 38.5 Å². The molecule has 1 saturated carbocycles. The summed E-state index contributed by atoms with van der Waals surface area (Å²) in [5.74, 6) is 0.166. The van der Waals surface area contributed by atoms with Gasteiger partial charge in [0, 0.05) is 12.5 Å². The van der Waals surface area contributed by atoms with Crippen LogP contribution in [0.15, 0.2) is 11.6 Å². The summed E-state index contributed by atoms with van der Waals surface area (Å²) in [5.41, 5.74) is 1.31. The predicted octanol–water partition coefficient (Wildman–Crippen LogP) is 2.30. The second-order valence-corrected chi connectivity index (χ2v) is 5.36. The molecule has 2 aliphatic rings. The molecule has 0 heterocycles. The van der Waals surface area contributed by atoms with Gasteiger partial charge in [-0.05, 0) is 51.4 Å². The zero-order chi connectivity index (χ0) is 12.1. The number of hydrogen-bond acceptors (Lipinski definition) is 2. The quantitative estimate of drug-likeness (QED) is 0.740. The second kappa shape index (κ2) is 6.20. The summed E-state index contributed by atoms with van der Waals surface area (Å²) in [6.07, 6.45) is 10.9. The van der Waals surface area contributed by atoms with E-state index in [1.165, 1.54) is 18.4 Å². The number of carbonyl (C=O) groups is 1. The number of allylic oxidation sites excluding steroid dienone is 1. The van der Waals surface area contributed by atoms with E-state index in [9.17, 15) is 9.90 Å². The van der Waals surface area contributed by atoms with Crippen molar-refractivity contribution in [1.29, 1.82) is 0 Å². The summed E-state index contributed by atoms with van der Waals surface area (Å²) in [5, 5.41) is 12.5. The van der Waals surface area contributed by atoms with Crippen molar-refractivity contribution >= 4 is 5.91 Å². The van der Waals surface area contributed by atoms with Crippen molar-refractivity contribution < 1.29 is 9.90 Å². The minimum atomic E-state index is -0.149. The van der Waals surface area contributed by atoms with E-state index in [1.54, 1.807) is 0 Å². The molecule has 2 rings (SSSR count). The molecule has 0 unspecified atom stereocenters. The Morgan fingerprint density at radius 1 is 1.29 bits per heavy atom. The summed E-state index contributed by atoms with van der Waals surface area (Å²) in [4.78, 5) is 11.8. The molecule has 0 aromatic carbocycles. The van der Waals surface area contributed by atoms with Gasteiger partial charge in [-0.3, -0.25) is 4.79 Å². The highest BCUT2D eigenvalue weighted by Gasteiger charge is 2.21. The van der Waals surface area contributed by atoms with E-state index in [1.807, 2.05) is 0 Å². The maximum Gasteiger partial charge on any atom is 0.224 e. The van der Waals surface area contributed by atoms with Gasteiger partial charge in [-0.25, -0.2) is 0 Å². The monoisotopic (exact) mass is 237 g/mol. The third-order valence-electron chi connectivity index (χ3n) is 3.83. The van der Waals surface area contributed by atoms with E-state index in [2.05, 4.69) is 11.4 Å². The first-order valence-corrected chi connectivity index (χ1v) is 6.89. The molecule has 3 heteroatoms. The van der Waals surface area contributed by atoms with Gasteiger partial charge >= 0.3 is 0 Å². The Balaban J connectivity index is 1.71. The van der Waals surface area contributed by atoms with Crippen LogP contribution in [0.1, 0.15) is 57.8 Å². The average Bonchev–Trinajstić information content (AvgIpc) is 2.33. The first kappa shape index (κ1) is 12.6. The zero-order valence-electron chi connectivity index (χ0n) is 10.5. The first-order chi connectivity index (χ1) is 8.24. The summed E-state index contributed by atoms with van der Waals surface area (Å²) in [6.45, 7) is 0. The number of amides is 1. The Labute approximate surface area is 103 Å². The third-order valence-corrected chi connectivity index (χ3v) is 3.83. The van der Waals surface area contributed by atoms with Crippen LogP contribution in [-0.4, -0.2) is 23.2 Å². The number of carbonyl (C=O) groups excluding carboxylic acids is 1. The third kappa shape index (κ3) is 4.15. The summed E-state index contributed by atoms with van der Waals surface area (Å²) in [7, 11) is 0. The molecular formula is C14H23NO2. The molecule has 1 amide bonds. The molecule has 0 aromatic heterocycles. The Morgan fingerprint density at radius 3 is 2.71 bits per heavy atom. The number of rotatable bonds is 3. The van der Waals surface area contributed by atoms with Crippen LogP contribution < -0.4 is 5.32 Å². The van der Waals surface area contributed by atoms with E-state index < -0.39 is 0 Å². The van der Waals surface area contributed by atoms with E-state index in [-0.39, 0.29) is 18.1 Å². The molecule has 3 nitrogen and oxygen atoms in total. The van der Waals surface area contributed by atoms with Gasteiger partial charge in [0.2, 0.25) is 5.91 Å². The summed E-state index contributed by atoms with van der Waals surface area (Å²) in [6, 6.07) is 0.287. The minimum absolute atomic E-state index is 0.149. The number of aliphatic hydroxyl groups excluding tert-OH is 1.